The van der Waals surface area contributed by atoms with Gasteiger partial charge in [-0.15, -0.1) is 11.3 Å². The van der Waals surface area contributed by atoms with E-state index in [9.17, 15) is 0 Å². The average molecular weight is 202 g/mol. The molecule has 2 rings (SSSR count). The topological polar surface area (TPSA) is 12.9 Å². The number of allylic oxidation sites excluding steroid dienone is 1. The molecule has 1 aromatic heterocycles. The molecule has 0 N–H and O–H groups in total. The third-order valence-corrected chi connectivity index (χ3v) is 3.20. The second-order valence-corrected chi connectivity index (χ2v) is 4.50. The molecule has 1 aromatic carbocycles. The van der Waals surface area contributed by atoms with Crippen LogP contribution >= 0.6 is 11.3 Å². The normalized spacial score (nSPS) is 11.6. The van der Waals surface area contributed by atoms with Crippen LogP contribution in [-0.2, 0) is 0 Å². The molecule has 0 amide bonds. The van der Waals surface area contributed by atoms with E-state index in [1.165, 1.54) is 15.8 Å². The number of rotatable bonds is 1. The number of thiazole rings is 1. The van der Waals surface area contributed by atoms with Gasteiger partial charge in [0.15, 0.2) is 0 Å². The summed E-state index contributed by atoms with van der Waals surface area (Å²) in [6.07, 6.45) is 3.83. The van der Waals surface area contributed by atoms with Crippen LogP contribution < -0.4 is 0 Å². The second kappa shape index (κ2) is 3.54. The first-order valence-corrected chi connectivity index (χ1v) is 5.36. The Morgan fingerprint density at radius 3 is 2.86 bits per heavy atom. The number of aromatic nitrogens is 1. The van der Waals surface area contributed by atoms with Crippen molar-refractivity contribution in [3.63, 3.8) is 0 Å². The molecule has 0 aliphatic carbocycles. The fourth-order valence-corrected chi connectivity index (χ4v) is 2.45. The first-order chi connectivity index (χ1) is 6.72. The van der Waals surface area contributed by atoms with Gasteiger partial charge in [-0.3, -0.25) is 0 Å². The minimum Gasteiger partial charge on any atom is -0.241 e. The van der Waals surface area contributed by atoms with Crippen molar-refractivity contribution in [3.8, 4) is 0 Å². The fourth-order valence-electron chi connectivity index (χ4n) is 1.56. The van der Waals surface area contributed by atoms with Crippen LogP contribution in [0.25, 0.3) is 16.3 Å². The van der Waals surface area contributed by atoms with Crippen molar-refractivity contribution in [3.05, 3.63) is 41.3 Å². The molecule has 0 fully saturated rings. The minimum absolute atomic E-state index is 1.12. The van der Waals surface area contributed by atoms with Crippen molar-refractivity contribution >= 4 is 27.6 Å². The van der Waals surface area contributed by atoms with Crippen LogP contribution in [0.4, 0.5) is 0 Å². The van der Waals surface area contributed by atoms with Crippen LogP contribution in [0.5, 0.6) is 0 Å². The lowest BCUT2D eigenvalue weighted by Gasteiger charge is -1.99. The molecule has 0 unspecified atom stereocenters. The summed E-state index contributed by atoms with van der Waals surface area (Å²) in [6, 6.07) is 4.25. The Morgan fingerprint density at radius 2 is 2.14 bits per heavy atom. The highest BCUT2D eigenvalue weighted by Crippen LogP contribution is 2.26. The summed E-state index contributed by atoms with van der Waals surface area (Å²) in [5, 5.41) is 1.12. The monoisotopic (exact) mass is 202 g/mol. The van der Waals surface area contributed by atoms with Gasteiger partial charge in [0.2, 0.25) is 0 Å². The van der Waals surface area contributed by atoms with Crippen LogP contribution in [0.3, 0.4) is 0 Å². The summed E-state index contributed by atoms with van der Waals surface area (Å²) in [5.41, 5.74) is 3.58. The molecular weight excluding hydrogens is 190 g/mol. The molecule has 0 bridgehead atoms. The standard InChI is InChI=1S/C12H12NS/c1-4-5-10-6-7-11-12(8(10)2)13-9(3)14-11/h4-7H,1H2,2-3H3. The third kappa shape index (κ3) is 1.46. The van der Waals surface area contributed by atoms with E-state index in [4.69, 9.17) is 0 Å². The van der Waals surface area contributed by atoms with Crippen molar-refractivity contribution in [1.29, 1.82) is 0 Å². The van der Waals surface area contributed by atoms with Gasteiger partial charge in [0.05, 0.1) is 15.2 Å². The van der Waals surface area contributed by atoms with Gasteiger partial charge in [-0.1, -0.05) is 18.2 Å². The van der Waals surface area contributed by atoms with Crippen molar-refractivity contribution in [2.75, 3.05) is 0 Å². The van der Waals surface area contributed by atoms with Crippen LogP contribution in [0.15, 0.2) is 18.2 Å². The van der Waals surface area contributed by atoms with E-state index in [2.05, 4.69) is 31.0 Å². The van der Waals surface area contributed by atoms with Gasteiger partial charge in [0.1, 0.15) is 0 Å². The zero-order chi connectivity index (χ0) is 10.1. The minimum atomic E-state index is 1.12. The highest BCUT2D eigenvalue weighted by Gasteiger charge is 2.05. The zero-order valence-electron chi connectivity index (χ0n) is 8.37. The molecule has 0 saturated heterocycles. The van der Waals surface area contributed by atoms with E-state index in [0.717, 1.165) is 10.5 Å². The van der Waals surface area contributed by atoms with Gasteiger partial charge in [-0.05, 0) is 38.0 Å². The number of benzene rings is 1. The first-order valence-electron chi connectivity index (χ1n) is 4.55. The molecule has 1 nitrogen and oxygen atoms in total. The summed E-state index contributed by atoms with van der Waals surface area (Å²) < 4.78 is 1.27. The number of fused-ring (bicyclic) bond motifs is 1. The molecule has 1 heterocycles. The Hall–Kier alpha value is -1.15. The van der Waals surface area contributed by atoms with Gasteiger partial charge >= 0.3 is 0 Å². The number of nitrogens with zero attached hydrogens (tertiary/aromatic N) is 1. The molecule has 0 atom stereocenters. The van der Waals surface area contributed by atoms with E-state index in [0.29, 0.717) is 0 Å². The molecule has 2 heteroatoms. The Balaban J connectivity index is 2.73. The van der Waals surface area contributed by atoms with Crippen molar-refractivity contribution in [2.45, 2.75) is 13.8 Å². The molecule has 0 saturated carbocycles. The Labute approximate surface area is 88.1 Å². The van der Waals surface area contributed by atoms with E-state index in [1.807, 2.05) is 19.1 Å². The van der Waals surface area contributed by atoms with E-state index >= 15 is 0 Å². The van der Waals surface area contributed by atoms with E-state index in [1.54, 1.807) is 11.3 Å². The van der Waals surface area contributed by atoms with Crippen LogP contribution in [0.1, 0.15) is 16.1 Å². The Bertz CT molecular complexity index is 494. The maximum atomic E-state index is 4.52. The molecule has 0 aliphatic rings. The van der Waals surface area contributed by atoms with E-state index < -0.39 is 0 Å². The van der Waals surface area contributed by atoms with E-state index in [-0.39, 0.29) is 0 Å². The zero-order valence-corrected chi connectivity index (χ0v) is 9.19. The van der Waals surface area contributed by atoms with Gasteiger partial charge in [-0.25, -0.2) is 4.98 Å². The quantitative estimate of drug-likeness (QED) is 0.686. The first kappa shape index (κ1) is 9.41. The summed E-state index contributed by atoms with van der Waals surface area (Å²) in [7, 11) is 0. The van der Waals surface area contributed by atoms with Gasteiger partial charge in [-0.2, -0.15) is 0 Å². The summed E-state index contributed by atoms with van der Waals surface area (Å²) in [4.78, 5) is 4.52. The molecule has 14 heavy (non-hydrogen) atoms. The lowest BCUT2D eigenvalue weighted by Crippen LogP contribution is -1.82. The van der Waals surface area contributed by atoms with Crippen molar-refractivity contribution in [2.24, 2.45) is 0 Å². The van der Waals surface area contributed by atoms with Gasteiger partial charge in [0, 0.05) is 0 Å². The fraction of sp³-hybridized carbons (Fsp3) is 0.167. The smallest absolute Gasteiger partial charge is 0.0907 e. The lowest BCUT2D eigenvalue weighted by atomic mass is 10.1. The lowest BCUT2D eigenvalue weighted by molar-refractivity contribution is 1.32. The predicted molar refractivity (Wildman–Crippen MR) is 63.5 cm³/mol. The Kier molecular flexibility index (Phi) is 2.38. The summed E-state index contributed by atoms with van der Waals surface area (Å²) >= 11 is 1.74. The molecule has 1 radical (unpaired) electrons. The van der Waals surface area contributed by atoms with Crippen molar-refractivity contribution in [1.82, 2.24) is 4.98 Å². The van der Waals surface area contributed by atoms with Crippen LogP contribution in [0.2, 0.25) is 0 Å². The highest BCUT2D eigenvalue weighted by atomic mass is 32.1. The number of hydrogen-bond donors (Lipinski definition) is 0. The van der Waals surface area contributed by atoms with Crippen LogP contribution in [0, 0.1) is 20.8 Å². The average Bonchev–Trinajstić information content (AvgIpc) is 2.52. The third-order valence-electron chi connectivity index (χ3n) is 2.26. The molecule has 0 spiro atoms. The summed E-state index contributed by atoms with van der Waals surface area (Å²) in [6.45, 7) is 7.86. The summed E-state index contributed by atoms with van der Waals surface area (Å²) in [5.74, 6) is 0. The van der Waals surface area contributed by atoms with Gasteiger partial charge < -0.3 is 0 Å². The molecule has 71 valence electrons. The molecule has 0 aliphatic heterocycles. The largest absolute Gasteiger partial charge is 0.241 e. The maximum absolute atomic E-state index is 4.52. The van der Waals surface area contributed by atoms with Gasteiger partial charge in [0.25, 0.3) is 0 Å². The van der Waals surface area contributed by atoms with Crippen LogP contribution in [-0.4, -0.2) is 4.98 Å². The number of hydrogen-bond acceptors (Lipinski definition) is 2. The second-order valence-electron chi connectivity index (χ2n) is 3.26. The predicted octanol–water partition coefficient (Wildman–Crippen LogP) is 3.76. The molecular formula is C12H12NS. The SMILES string of the molecule is [CH2]C=Cc1ccc2sc(C)nc2c1C. The molecule has 2 aromatic rings. The number of aryl methyl sites for hydroxylation is 2. The Morgan fingerprint density at radius 1 is 1.36 bits per heavy atom. The maximum Gasteiger partial charge on any atom is 0.0907 e. The van der Waals surface area contributed by atoms with Crippen molar-refractivity contribution < 1.29 is 0 Å². The highest BCUT2D eigenvalue weighted by molar-refractivity contribution is 7.18.